The Morgan fingerprint density at radius 3 is 1.80 bits per heavy atom. The summed E-state index contributed by atoms with van der Waals surface area (Å²) < 4.78 is 0. The molecule has 0 radical (unpaired) electrons. The van der Waals surface area contributed by atoms with Crippen molar-refractivity contribution in [3.05, 3.63) is 109 Å². The van der Waals surface area contributed by atoms with Crippen molar-refractivity contribution in [2.24, 2.45) is 10.2 Å². The Hall–Kier alpha value is -2.77. The van der Waals surface area contributed by atoms with Gasteiger partial charge in [-0.15, -0.1) is 0 Å². The second-order valence-corrected chi connectivity index (χ2v) is 13.2. The van der Waals surface area contributed by atoms with Gasteiger partial charge in [0.2, 0.25) is 0 Å². The van der Waals surface area contributed by atoms with Crippen molar-refractivity contribution < 1.29 is 5.11 Å². The van der Waals surface area contributed by atoms with Crippen LogP contribution in [0.15, 0.2) is 113 Å². The Labute approximate surface area is 184 Å². The zero-order valence-electron chi connectivity index (χ0n) is 16.5. The molecule has 4 aromatic carbocycles. The van der Waals surface area contributed by atoms with Crippen LogP contribution in [0.1, 0.15) is 5.56 Å². The van der Waals surface area contributed by atoms with E-state index in [0.29, 0.717) is 5.69 Å². The molecular weight excluding hydrogens is 454 g/mol. The summed E-state index contributed by atoms with van der Waals surface area (Å²) >= 11 is 3.52. The Bertz CT molecular complexity index is 1180. The van der Waals surface area contributed by atoms with Gasteiger partial charge in [-0.3, -0.25) is 0 Å². The molecule has 0 unspecified atom stereocenters. The van der Waals surface area contributed by atoms with Crippen LogP contribution in [0.25, 0.3) is 0 Å². The molecule has 0 heterocycles. The fourth-order valence-corrected chi connectivity index (χ4v) is 8.15. The van der Waals surface area contributed by atoms with Gasteiger partial charge in [0.15, 0.2) is 0 Å². The molecule has 0 bridgehead atoms. The van der Waals surface area contributed by atoms with Crippen molar-refractivity contribution in [3.63, 3.8) is 0 Å². The third-order valence-electron chi connectivity index (χ3n) is 4.87. The van der Waals surface area contributed by atoms with Gasteiger partial charge in [-0.25, -0.2) is 0 Å². The number of rotatable bonds is 5. The predicted molar refractivity (Wildman–Crippen MR) is 128 cm³/mol. The van der Waals surface area contributed by atoms with Crippen molar-refractivity contribution in [3.8, 4) is 5.75 Å². The molecule has 4 aromatic rings. The Morgan fingerprint density at radius 2 is 1.23 bits per heavy atom. The topological polar surface area (TPSA) is 45.0 Å². The van der Waals surface area contributed by atoms with Gasteiger partial charge in [-0.1, -0.05) is 0 Å². The Balaban J connectivity index is 1.82. The molecule has 0 saturated carbocycles. The summed E-state index contributed by atoms with van der Waals surface area (Å²) in [6.45, 7) is 2.03. The zero-order valence-corrected chi connectivity index (χ0v) is 19.1. The van der Waals surface area contributed by atoms with Gasteiger partial charge in [0.1, 0.15) is 0 Å². The van der Waals surface area contributed by atoms with E-state index in [0.717, 1.165) is 11.0 Å². The van der Waals surface area contributed by atoms with Crippen LogP contribution in [0.3, 0.4) is 0 Å². The van der Waals surface area contributed by atoms with Gasteiger partial charge in [-0.2, -0.15) is 0 Å². The SMILES string of the molecule is Cc1ccc(N=Nc2cc(P(=[Se])(c3ccccc3)c3ccccc3)ccc2O)cc1. The molecule has 0 spiro atoms. The van der Waals surface area contributed by atoms with E-state index in [-0.39, 0.29) is 5.75 Å². The second-order valence-electron chi connectivity index (χ2n) is 6.99. The minimum absolute atomic E-state index is 0.113. The number of hydrogen-bond acceptors (Lipinski definition) is 3. The van der Waals surface area contributed by atoms with E-state index in [1.165, 1.54) is 16.2 Å². The van der Waals surface area contributed by atoms with E-state index in [1.807, 2.05) is 55.5 Å². The monoisotopic (exact) mass is 476 g/mol. The summed E-state index contributed by atoms with van der Waals surface area (Å²) in [5.74, 6) is 0.113. The van der Waals surface area contributed by atoms with Gasteiger partial charge in [0.05, 0.1) is 0 Å². The normalized spacial score (nSPS) is 11.6. The molecule has 0 atom stereocenters. The molecular formula is C25H21N2OPSe. The van der Waals surface area contributed by atoms with Crippen molar-refractivity contribution in [2.45, 2.75) is 6.92 Å². The number of phenolic OH excluding ortho intramolecular Hbond substituents is 1. The van der Waals surface area contributed by atoms with Crippen LogP contribution in [0.2, 0.25) is 0 Å². The maximum absolute atomic E-state index is 10.4. The van der Waals surface area contributed by atoms with E-state index < -0.39 is 5.51 Å². The third-order valence-corrected chi connectivity index (χ3v) is 11.9. The van der Waals surface area contributed by atoms with Gasteiger partial charge in [0, 0.05) is 0 Å². The third kappa shape index (κ3) is 4.22. The van der Waals surface area contributed by atoms with E-state index in [9.17, 15) is 5.11 Å². The first kappa shape index (κ1) is 20.5. The van der Waals surface area contributed by atoms with E-state index in [1.54, 1.807) is 6.07 Å². The number of phenols is 1. The molecule has 0 aliphatic carbocycles. The van der Waals surface area contributed by atoms with Crippen molar-refractivity contribution in [1.82, 2.24) is 0 Å². The minimum atomic E-state index is -2.01. The quantitative estimate of drug-likeness (QED) is 0.232. The van der Waals surface area contributed by atoms with Gasteiger partial charge < -0.3 is 0 Å². The van der Waals surface area contributed by atoms with Gasteiger partial charge in [0.25, 0.3) is 0 Å². The Morgan fingerprint density at radius 1 is 0.667 bits per heavy atom. The molecule has 30 heavy (non-hydrogen) atoms. The Kier molecular flexibility index (Phi) is 6.10. The number of azo groups is 1. The zero-order chi connectivity index (χ0) is 21.0. The standard InChI is InChI=1S/C25H21N2OPSe/c1-19-12-14-20(15-13-19)26-27-24-18-23(16-17-25(24)28)29(30,21-8-4-2-5-9-21)22-10-6-3-7-11-22/h2-18,28H,1H3. The van der Waals surface area contributed by atoms with E-state index in [4.69, 9.17) is 0 Å². The molecule has 0 saturated heterocycles. The summed E-state index contributed by atoms with van der Waals surface area (Å²) in [6, 6.07) is 34.3. The number of aryl methyl sites for hydroxylation is 1. The van der Waals surface area contributed by atoms with E-state index in [2.05, 4.69) is 73.9 Å². The van der Waals surface area contributed by atoms with Gasteiger partial charge >= 0.3 is 185 Å². The van der Waals surface area contributed by atoms with Crippen LogP contribution >= 0.6 is 5.51 Å². The van der Waals surface area contributed by atoms with Crippen molar-refractivity contribution in [2.75, 3.05) is 0 Å². The fraction of sp³-hybridized carbons (Fsp3) is 0.0400. The first-order valence-corrected chi connectivity index (χ1v) is 13.6. The molecule has 148 valence electrons. The number of nitrogens with zero attached hydrogens (tertiary/aromatic N) is 2. The molecule has 4 rings (SSSR count). The molecule has 0 amide bonds. The fourth-order valence-electron chi connectivity index (χ4n) is 3.23. The molecule has 1 N–H and O–H groups in total. The van der Waals surface area contributed by atoms with Crippen LogP contribution in [-0.4, -0.2) is 20.2 Å². The van der Waals surface area contributed by atoms with Crippen molar-refractivity contribution >= 4 is 47.9 Å². The van der Waals surface area contributed by atoms with Crippen LogP contribution in [-0.2, 0) is 0 Å². The summed E-state index contributed by atoms with van der Waals surface area (Å²) in [4.78, 5) is 0. The summed E-state index contributed by atoms with van der Waals surface area (Å²) in [6.07, 6.45) is 0. The first-order chi connectivity index (χ1) is 14.6. The van der Waals surface area contributed by atoms with Crippen molar-refractivity contribution in [1.29, 1.82) is 0 Å². The number of benzene rings is 4. The second kappa shape index (κ2) is 8.93. The van der Waals surface area contributed by atoms with Crippen LogP contribution < -0.4 is 15.9 Å². The van der Waals surface area contributed by atoms with Crippen LogP contribution in [0.4, 0.5) is 11.4 Å². The summed E-state index contributed by atoms with van der Waals surface area (Å²) in [7, 11) is 0. The molecule has 0 fully saturated rings. The predicted octanol–water partition coefficient (Wildman–Crippen LogP) is 5.49. The summed E-state index contributed by atoms with van der Waals surface area (Å²) in [5, 5.41) is 22.6. The average Bonchev–Trinajstić information content (AvgIpc) is 2.80. The van der Waals surface area contributed by atoms with Crippen LogP contribution in [0, 0.1) is 6.92 Å². The number of hydrogen-bond donors (Lipinski definition) is 1. The van der Waals surface area contributed by atoms with Crippen LogP contribution in [0.5, 0.6) is 5.75 Å². The average molecular weight is 475 g/mol. The van der Waals surface area contributed by atoms with Gasteiger partial charge in [-0.05, 0) is 0 Å². The summed E-state index contributed by atoms with van der Waals surface area (Å²) in [5.41, 5.74) is 0.363. The molecule has 5 heteroatoms. The number of aromatic hydroxyl groups is 1. The van der Waals surface area contributed by atoms with E-state index >= 15 is 0 Å². The maximum atomic E-state index is 10.4. The molecule has 0 aliphatic heterocycles. The molecule has 0 aliphatic rings. The molecule has 3 nitrogen and oxygen atoms in total. The molecule has 0 aromatic heterocycles. The first-order valence-electron chi connectivity index (χ1n) is 9.60.